The third-order valence-electron chi connectivity index (χ3n) is 2.30. The second-order valence-corrected chi connectivity index (χ2v) is 6.02. The zero-order valence-electron chi connectivity index (χ0n) is 13.0. The third-order valence-corrected chi connectivity index (χ3v) is 2.30. The van der Waals surface area contributed by atoms with Crippen LogP contribution >= 0.6 is 0 Å². The molecule has 4 heteroatoms. The first-order chi connectivity index (χ1) is 8.76. The van der Waals surface area contributed by atoms with Crippen LogP contribution in [0.3, 0.4) is 0 Å². The molecule has 0 heterocycles. The van der Waals surface area contributed by atoms with Crippen LogP contribution in [0.4, 0.5) is 0 Å². The largest absolute Gasteiger partial charge is 0.376 e. The Bertz CT molecular complexity index is 341. The van der Waals surface area contributed by atoms with Gasteiger partial charge in [-0.2, -0.15) is 5.26 Å². The molecule has 19 heavy (non-hydrogen) atoms. The molecule has 0 saturated heterocycles. The second-order valence-electron chi connectivity index (χ2n) is 6.02. The van der Waals surface area contributed by atoms with Gasteiger partial charge in [0.1, 0.15) is 11.6 Å². The van der Waals surface area contributed by atoms with E-state index in [4.69, 9.17) is 5.26 Å². The lowest BCUT2D eigenvalue weighted by atomic mass is 10.1. The number of amides is 1. The minimum absolute atomic E-state index is 0.0351. The number of hydrogen-bond donors (Lipinski definition) is 1. The van der Waals surface area contributed by atoms with Crippen molar-refractivity contribution in [1.82, 2.24) is 10.2 Å². The Hall–Kier alpha value is -1.50. The number of hydrogen-bond acceptors (Lipinski definition) is 3. The summed E-state index contributed by atoms with van der Waals surface area (Å²) in [6, 6.07) is 2.03. The Morgan fingerprint density at radius 2 is 1.63 bits per heavy atom. The number of rotatable bonds is 7. The average Bonchev–Trinajstić information content (AvgIpc) is 2.22. The molecule has 0 aromatic carbocycles. The molecule has 0 radical (unpaired) electrons. The number of carbonyl (C=O) groups is 1. The maximum Gasteiger partial charge on any atom is 0.263 e. The molecule has 108 valence electrons. The molecule has 0 bridgehead atoms. The van der Waals surface area contributed by atoms with Gasteiger partial charge in [-0.1, -0.05) is 27.7 Å². The predicted molar refractivity (Wildman–Crippen MR) is 78.2 cm³/mol. The van der Waals surface area contributed by atoms with Gasteiger partial charge in [-0.15, -0.1) is 0 Å². The van der Waals surface area contributed by atoms with E-state index in [2.05, 4.69) is 37.9 Å². The van der Waals surface area contributed by atoms with Crippen molar-refractivity contribution in [2.24, 2.45) is 11.8 Å². The monoisotopic (exact) mass is 265 g/mol. The van der Waals surface area contributed by atoms with Crippen molar-refractivity contribution in [1.29, 1.82) is 5.26 Å². The zero-order valence-corrected chi connectivity index (χ0v) is 13.0. The van der Waals surface area contributed by atoms with Gasteiger partial charge < -0.3 is 10.2 Å². The van der Waals surface area contributed by atoms with Crippen molar-refractivity contribution in [3.63, 3.8) is 0 Å². The van der Waals surface area contributed by atoms with Gasteiger partial charge in [0.25, 0.3) is 5.91 Å². The van der Waals surface area contributed by atoms with Crippen molar-refractivity contribution in [2.45, 2.75) is 47.6 Å². The lowest BCUT2D eigenvalue weighted by molar-refractivity contribution is -0.117. The number of nitriles is 1. The van der Waals surface area contributed by atoms with Crippen LogP contribution in [0, 0.1) is 23.2 Å². The van der Waals surface area contributed by atoms with Crippen LogP contribution in [-0.4, -0.2) is 29.9 Å². The summed E-state index contributed by atoms with van der Waals surface area (Å²) in [5, 5.41) is 11.9. The van der Waals surface area contributed by atoms with Crippen LogP contribution in [0.25, 0.3) is 0 Å². The van der Waals surface area contributed by atoms with Crippen molar-refractivity contribution < 1.29 is 4.79 Å². The molecule has 0 aromatic rings. The van der Waals surface area contributed by atoms with Crippen LogP contribution in [0.2, 0.25) is 0 Å². The summed E-state index contributed by atoms with van der Waals surface area (Å²) in [5.41, 5.74) is 0.176. The molecule has 0 aliphatic carbocycles. The molecule has 0 saturated carbocycles. The predicted octanol–water partition coefficient (Wildman–Crippen LogP) is 2.53. The summed E-state index contributed by atoms with van der Waals surface area (Å²) in [6.45, 7) is 14.0. The molecule has 0 unspecified atom stereocenters. The minimum atomic E-state index is -0.296. The van der Waals surface area contributed by atoms with Gasteiger partial charge in [-0.05, 0) is 25.7 Å². The lowest BCUT2D eigenvalue weighted by Crippen LogP contribution is -2.33. The maximum atomic E-state index is 11.9. The fourth-order valence-corrected chi connectivity index (χ4v) is 1.78. The average molecular weight is 265 g/mol. The molecule has 0 atom stereocenters. The highest BCUT2D eigenvalue weighted by Gasteiger charge is 2.13. The quantitative estimate of drug-likeness (QED) is 0.568. The molecule has 0 spiro atoms. The summed E-state index contributed by atoms with van der Waals surface area (Å²) in [4.78, 5) is 13.9. The van der Waals surface area contributed by atoms with Gasteiger partial charge in [0.2, 0.25) is 0 Å². The zero-order chi connectivity index (χ0) is 15.0. The highest BCUT2D eigenvalue weighted by atomic mass is 16.1. The van der Waals surface area contributed by atoms with Crippen molar-refractivity contribution in [3.8, 4) is 6.07 Å². The highest BCUT2D eigenvalue weighted by molar-refractivity contribution is 5.97. The molecular weight excluding hydrogens is 238 g/mol. The standard InChI is InChI=1S/C15H27N3O/c1-11(2)8-18(9-12(3)4)10-14(7-16)15(19)17-13(5)6/h10-13H,8-9H2,1-6H3,(H,17,19)/b14-10-. The summed E-state index contributed by atoms with van der Waals surface area (Å²) in [5.74, 6) is 0.682. The Kier molecular flexibility index (Phi) is 7.90. The normalized spacial score (nSPS) is 11.9. The summed E-state index contributed by atoms with van der Waals surface area (Å²) in [7, 11) is 0. The van der Waals surface area contributed by atoms with Gasteiger partial charge in [-0.25, -0.2) is 0 Å². The van der Waals surface area contributed by atoms with Gasteiger partial charge >= 0.3 is 0 Å². The van der Waals surface area contributed by atoms with E-state index in [-0.39, 0.29) is 17.5 Å². The maximum absolute atomic E-state index is 11.9. The second kappa shape index (κ2) is 8.58. The molecule has 0 fully saturated rings. The summed E-state index contributed by atoms with van der Waals surface area (Å²) < 4.78 is 0. The topological polar surface area (TPSA) is 56.1 Å². The molecule has 0 aliphatic rings. The number of nitrogens with zero attached hydrogens (tertiary/aromatic N) is 2. The van der Waals surface area contributed by atoms with Crippen LogP contribution in [-0.2, 0) is 4.79 Å². The van der Waals surface area contributed by atoms with E-state index in [1.165, 1.54) is 0 Å². The first kappa shape index (κ1) is 17.5. The van der Waals surface area contributed by atoms with Gasteiger partial charge in [0, 0.05) is 25.3 Å². The van der Waals surface area contributed by atoms with Crippen molar-refractivity contribution in [3.05, 3.63) is 11.8 Å². The molecule has 0 rings (SSSR count). The molecule has 1 amide bonds. The molecule has 0 aromatic heterocycles. The molecule has 1 N–H and O–H groups in total. The van der Waals surface area contributed by atoms with E-state index in [1.807, 2.05) is 19.9 Å². The Balaban J connectivity index is 4.93. The molecular formula is C15H27N3O. The lowest BCUT2D eigenvalue weighted by Gasteiger charge is -2.25. The van der Waals surface area contributed by atoms with E-state index in [9.17, 15) is 4.79 Å². The van der Waals surface area contributed by atoms with E-state index in [1.54, 1.807) is 6.20 Å². The fraction of sp³-hybridized carbons (Fsp3) is 0.733. The highest BCUT2D eigenvalue weighted by Crippen LogP contribution is 2.07. The molecule has 4 nitrogen and oxygen atoms in total. The van der Waals surface area contributed by atoms with Crippen LogP contribution in [0.1, 0.15) is 41.5 Å². The van der Waals surface area contributed by atoms with E-state index < -0.39 is 0 Å². The van der Waals surface area contributed by atoms with Crippen molar-refractivity contribution >= 4 is 5.91 Å². The Morgan fingerprint density at radius 3 is 1.95 bits per heavy atom. The first-order valence-corrected chi connectivity index (χ1v) is 6.93. The fourth-order valence-electron chi connectivity index (χ4n) is 1.78. The number of nitrogens with one attached hydrogen (secondary N) is 1. The Morgan fingerprint density at radius 1 is 1.16 bits per heavy atom. The van der Waals surface area contributed by atoms with Crippen LogP contribution < -0.4 is 5.32 Å². The van der Waals surface area contributed by atoms with E-state index in [0.29, 0.717) is 11.8 Å². The summed E-state index contributed by atoms with van der Waals surface area (Å²) in [6.07, 6.45) is 1.69. The number of carbonyl (C=O) groups excluding carboxylic acids is 1. The van der Waals surface area contributed by atoms with Crippen LogP contribution in [0.5, 0.6) is 0 Å². The van der Waals surface area contributed by atoms with Gasteiger partial charge in [0.05, 0.1) is 0 Å². The Labute approximate surface area is 117 Å². The SMILES string of the molecule is CC(C)CN(/C=C(/C#N)C(=O)NC(C)C)CC(C)C. The van der Waals surface area contributed by atoms with E-state index >= 15 is 0 Å². The van der Waals surface area contributed by atoms with Crippen LogP contribution in [0.15, 0.2) is 11.8 Å². The van der Waals surface area contributed by atoms with Crippen molar-refractivity contribution in [2.75, 3.05) is 13.1 Å². The van der Waals surface area contributed by atoms with Gasteiger partial charge in [0.15, 0.2) is 0 Å². The third kappa shape index (κ3) is 8.25. The summed E-state index contributed by atoms with van der Waals surface area (Å²) >= 11 is 0. The van der Waals surface area contributed by atoms with Gasteiger partial charge in [-0.3, -0.25) is 4.79 Å². The minimum Gasteiger partial charge on any atom is -0.376 e. The molecule has 0 aliphatic heterocycles. The first-order valence-electron chi connectivity index (χ1n) is 6.93. The smallest absolute Gasteiger partial charge is 0.263 e. The van der Waals surface area contributed by atoms with E-state index in [0.717, 1.165) is 13.1 Å².